The minimum Gasteiger partial charge on any atom is -0.480 e. The largest absolute Gasteiger partial charge is 0.480 e. The third kappa shape index (κ3) is 9.74. The zero-order valence-electron chi connectivity index (χ0n) is 11.5. The van der Waals surface area contributed by atoms with Gasteiger partial charge in [-0.1, -0.05) is 32.6 Å². The SMILES string of the molecule is CCCCCCC(O)CNC(CCSC)C(=O)O. The smallest absolute Gasteiger partial charge is 0.320 e. The van der Waals surface area contributed by atoms with E-state index in [0.29, 0.717) is 13.0 Å². The summed E-state index contributed by atoms with van der Waals surface area (Å²) in [5, 5.41) is 21.7. The van der Waals surface area contributed by atoms with E-state index in [1.165, 1.54) is 12.8 Å². The first kappa shape index (κ1) is 17.7. The van der Waals surface area contributed by atoms with E-state index in [1.54, 1.807) is 11.8 Å². The molecule has 0 fully saturated rings. The average molecular weight is 277 g/mol. The van der Waals surface area contributed by atoms with Crippen molar-refractivity contribution in [2.75, 3.05) is 18.6 Å². The summed E-state index contributed by atoms with van der Waals surface area (Å²) in [6.07, 6.45) is 7.41. The summed E-state index contributed by atoms with van der Waals surface area (Å²) in [4.78, 5) is 11.0. The van der Waals surface area contributed by atoms with E-state index in [-0.39, 0.29) is 0 Å². The maximum atomic E-state index is 11.0. The topological polar surface area (TPSA) is 69.6 Å². The average Bonchev–Trinajstić information content (AvgIpc) is 2.34. The molecule has 0 amide bonds. The Balaban J connectivity index is 3.71. The van der Waals surface area contributed by atoms with Crippen LogP contribution in [0.2, 0.25) is 0 Å². The first-order valence-corrected chi connectivity index (χ1v) is 8.14. The van der Waals surface area contributed by atoms with E-state index >= 15 is 0 Å². The van der Waals surface area contributed by atoms with Gasteiger partial charge in [-0.15, -0.1) is 0 Å². The lowest BCUT2D eigenvalue weighted by atomic mass is 10.1. The normalized spacial score (nSPS) is 14.4. The van der Waals surface area contributed by atoms with E-state index in [1.807, 2.05) is 6.26 Å². The Hall–Kier alpha value is -0.260. The fraction of sp³-hybridized carbons (Fsp3) is 0.923. The molecule has 5 heteroatoms. The van der Waals surface area contributed by atoms with Crippen LogP contribution in [-0.2, 0) is 4.79 Å². The number of carboxylic acid groups (broad SMARTS) is 1. The number of aliphatic carboxylic acids is 1. The predicted octanol–water partition coefficient (Wildman–Crippen LogP) is 2.11. The summed E-state index contributed by atoms with van der Waals surface area (Å²) in [6, 6.07) is -0.539. The van der Waals surface area contributed by atoms with Gasteiger partial charge in [-0.3, -0.25) is 4.79 Å². The van der Waals surface area contributed by atoms with Crippen LogP contribution in [0.5, 0.6) is 0 Å². The van der Waals surface area contributed by atoms with Crippen LogP contribution in [0.25, 0.3) is 0 Å². The van der Waals surface area contributed by atoms with Gasteiger partial charge in [0.15, 0.2) is 0 Å². The van der Waals surface area contributed by atoms with Crippen molar-refractivity contribution in [2.45, 2.75) is 57.6 Å². The number of hydrogen-bond donors (Lipinski definition) is 3. The molecular weight excluding hydrogens is 250 g/mol. The van der Waals surface area contributed by atoms with E-state index in [4.69, 9.17) is 5.11 Å². The van der Waals surface area contributed by atoms with Crippen LogP contribution in [0.1, 0.15) is 45.4 Å². The van der Waals surface area contributed by atoms with E-state index in [0.717, 1.165) is 25.0 Å². The van der Waals surface area contributed by atoms with E-state index in [2.05, 4.69) is 12.2 Å². The Bertz CT molecular complexity index is 214. The summed E-state index contributed by atoms with van der Waals surface area (Å²) in [6.45, 7) is 2.53. The summed E-state index contributed by atoms with van der Waals surface area (Å²) in [7, 11) is 0. The van der Waals surface area contributed by atoms with Gasteiger partial charge in [0.2, 0.25) is 0 Å². The summed E-state index contributed by atoms with van der Waals surface area (Å²) in [5.41, 5.74) is 0. The first-order valence-electron chi connectivity index (χ1n) is 6.75. The molecule has 0 radical (unpaired) electrons. The highest BCUT2D eigenvalue weighted by Gasteiger charge is 2.17. The highest BCUT2D eigenvalue weighted by molar-refractivity contribution is 7.98. The lowest BCUT2D eigenvalue weighted by Crippen LogP contribution is -2.41. The number of carbonyl (C=O) groups is 1. The summed E-state index contributed by atoms with van der Waals surface area (Å²) < 4.78 is 0. The fourth-order valence-corrected chi connectivity index (χ4v) is 2.21. The molecule has 108 valence electrons. The van der Waals surface area contributed by atoms with E-state index in [9.17, 15) is 9.90 Å². The lowest BCUT2D eigenvalue weighted by molar-refractivity contribution is -0.139. The molecule has 18 heavy (non-hydrogen) atoms. The molecule has 3 N–H and O–H groups in total. The molecule has 0 saturated heterocycles. The molecule has 0 aromatic carbocycles. The van der Waals surface area contributed by atoms with Crippen molar-refractivity contribution in [2.24, 2.45) is 0 Å². The molecule has 0 saturated carbocycles. The quantitative estimate of drug-likeness (QED) is 0.477. The Labute approximate surface area is 115 Å². The van der Waals surface area contributed by atoms with E-state index < -0.39 is 18.1 Å². The minimum atomic E-state index is -0.831. The Morgan fingerprint density at radius 3 is 2.56 bits per heavy atom. The van der Waals surface area contributed by atoms with Crippen molar-refractivity contribution >= 4 is 17.7 Å². The molecule has 4 nitrogen and oxygen atoms in total. The minimum absolute atomic E-state index is 0.372. The lowest BCUT2D eigenvalue weighted by Gasteiger charge is -2.17. The zero-order valence-corrected chi connectivity index (χ0v) is 12.3. The highest BCUT2D eigenvalue weighted by Crippen LogP contribution is 2.06. The molecule has 0 aromatic heterocycles. The standard InChI is InChI=1S/C13H27NO3S/c1-3-4-5-6-7-11(15)10-14-12(13(16)17)8-9-18-2/h11-12,14-15H,3-10H2,1-2H3,(H,16,17). The van der Waals surface area contributed by atoms with Gasteiger partial charge in [-0.05, 0) is 24.9 Å². The second-order valence-electron chi connectivity index (χ2n) is 4.58. The first-order chi connectivity index (χ1) is 8.61. The zero-order chi connectivity index (χ0) is 13.8. The van der Waals surface area contributed by atoms with Crippen LogP contribution in [0.15, 0.2) is 0 Å². The van der Waals surface area contributed by atoms with Gasteiger partial charge in [0.25, 0.3) is 0 Å². The maximum Gasteiger partial charge on any atom is 0.320 e. The number of nitrogens with one attached hydrogen (secondary N) is 1. The second kappa shape index (κ2) is 11.8. The molecule has 0 aliphatic rings. The van der Waals surface area contributed by atoms with Gasteiger partial charge in [0.1, 0.15) is 6.04 Å². The van der Waals surface area contributed by atoms with Crippen LogP contribution >= 0.6 is 11.8 Å². The molecule has 0 bridgehead atoms. The second-order valence-corrected chi connectivity index (χ2v) is 5.57. The highest BCUT2D eigenvalue weighted by atomic mass is 32.2. The maximum absolute atomic E-state index is 11.0. The summed E-state index contributed by atoms with van der Waals surface area (Å²) >= 11 is 1.64. The number of aliphatic hydroxyl groups is 1. The number of hydrogen-bond acceptors (Lipinski definition) is 4. The molecule has 0 spiro atoms. The molecule has 0 aliphatic carbocycles. The number of thioether (sulfide) groups is 1. The molecule has 0 aliphatic heterocycles. The van der Waals surface area contributed by atoms with Gasteiger partial charge < -0.3 is 15.5 Å². The monoisotopic (exact) mass is 277 g/mol. The van der Waals surface area contributed by atoms with Gasteiger partial charge in [0, 0.05) is 6.54 Å². The van der Waals surface area contributed by atoms with Crippen LogP contribution in [0.3, 0.4) is 0 Å². The Morgan fingerprint density at radius 2 is 2.00 bits per heavy atom. The number of carboxylic acids is 1. The van der Waals surface area contributed by atoms with Crippen LogP contribution in [0.4, 0.5) is 0 Å². The Kier molecular flexibility index (Phi) is 11.6. The molecule has 0 aromatic rings. The Morgan fingerprint density at radius 1 is 1.28 bits per heavy atom. The molecule has 0 rings (SSSR count). The van der Waals surface area contributed by atoms with Crippen LogP contribution in [0, 0.1) is 0 Å². The fourth-order valence-electron chi connectivity index (χ4n) is 1.74. The molecular formula is C13H27NO3S. The van der Waals surface area contributed by atoms with Gasteiger partial charge >= 0.3 is 5.97 Å². The third-order valence-corrected chi connectivity index (χ3v) is 3.54. The predicted molar refractivity (Wildman–Crippen MR) is 77.2 cm³/mol. The van der Waals surface area contributed by atoms with Crippen LogP contribution < -0.4 is 5.32 Å². The number of rotatable bonds is 12. The molecule has 2 unspecified atom stereocenters. The van der Waals surface area contributed by atoms with Gasteiger partial charge in [-0.2, -0.15) is 11.8 Å². The van der Waals surface area contributed by atoms with Crippen molar-refractivity contribution in [1.82, 2.24) is 5.32 Å². The molecule has 2 atom stereocenters. The van der Waals surface area contributed by atoms with Gasteiger partial charge in [0.05, 0.1) is 6.10 Å². The number of aliphatic hydroxyl groups excluding tert-OH is 1. The van der Waals surface area contributed by atoms with Crippen molar-refractivity contribution in [3.05, 3.63) is 0 Å². The summed E-state index contributed by atoms with van der Waals surface area (Å²) in [5.74, 6) is -0.0152. The van der Waals surface area contributed by atoms with Crippen molar-refractivity contribution in [3.8, 4) is 0 Å². The van der Waals surface area contributed by atoms with Crippen molar-refractivity contribution in [1.29, 1.82) is 0 Å². The number of unbranched alkanes of at least 4 members (excludes halogenated alkanes) is 3. The molecule has 0 heterocycles. The van der Waals surface area contributed by atoms with Crippen molar-refractivity contribution < 1.29 is 15.0 Å². The third-order valence-electron chi connectivity index (χ3n) is 2.90. The van der Waals surface area contributed by atoms with Gasteiger partial charge in [-0.25, -0.2) is 0 Å². The van der Waals surface area contributed by atoms with Crippen LogP contribution in [-0.4, -0.2) is 46.9 Å². The van der Waals surface area contributed by atoms with Crippen molar-refractivity contribution in [3.63, 3.8) is 0 Å².